The summed E-state index contributed by atoms with van der Waals surface area (Å²) in [5.41, 5.74) is 3.34. The summed E-state index contributed by atoms with van der Waals surface area (Å²) in [6.07, 6.45) is 0.933. The van der Waals surface area contributed by atoms with Crippen molar-refractivity contribution in [3.8, 4) is 6.07 Å². The SMILES string of the molecule is CCc1ccc([C@H](NCC(=O)Nc2sccc2C#N)c2cccc(F)c2)cc1. The third-order valence-electron chi connectivity index (χ3n) is 4.41. The van der Waals surface area contributed by atoms with Gasteiger partial charge in [0.05, 0.1) is 18.2 Å². The van der Waals surface area contributed by atoms with Crippen LogP contribution >= 0.6 is 11.3 Å². The number of aryl methyl sites for hydroxylation is 1. The van der Waals surface area contributed by atoms with Crippen LogP contribution in [0.1, 0.15) is 35.2 Å². The van der Waals surface area contributed by atoms with Crippen molar-refractivity contribution in [1.82, 2.24) is 5.32 Å². The molecule has 1 aromatic heterocycles. The summed E-state index contributed by atoms with van der Waals surface area (Å²) in [5, 5.41) is 17.3. The van der Waals surface area contributed by atoms with Crippen LogP contribution in [-0.4, -0.2) is 12.5 Å². The predicted octanol–water partition coefficient (Wildman–Crippen LogP) is 4.64. The first-order valence-electron chi connectivity index (χ1n) is 8.96. The van der Waals surface area contributed by atoms with Crippen molar-refractivity contribution >= 4 is 22.2 Å². The molecule has 0 radical (unpaired) electrons. The van der Waals surface area contributed by atoms with Gasteiger partial charge >= 0.3 is 0 Å². The standard InChI is InChI=1S/C22H20FN3OS/c1-2-15-6-8-16(9-7-15)21(17-4-3-5-19(23)12-17)25-14-20(27)26-22-18(13-24)10-11-28-22/h3-12,21,25H,2,14H2,1H3,(H,26,27)/t21-/m0/s1. The second kappa shape index (κ2) is 9.27. The van der Waals surface area contributed by atoms with E-state index in [4.69, 9.17) is 5.26 Å². The predicted molar refractivity (Wildman–Crippen MR) is 110 cm³/mol. The molecule has 0 saturated heterocycles. The summed E-state index contributed by atoms with van der Waals surface area (Å²) in [6.45, 7) is 2.11. The van der Waals surface area contributed by atoms with Crippen LogP contribution in [0, 0.1) is 17.1 Å². The number of halogens is 1. The molecular formula is C22H20FN3OS. The maximum Gasteiger partial charge on any atom is 0.238 e. The molecule has 1 atom stereocenters. The molecule has 0 fully saturated rings. The van der Waals surface area contributed by atoms with Gasteiger partial charge in [0.1, 0.15) is 16.9 Å². The van der Waals surface area contributed by atoms with E-state index in [2.05, 4.69) is 17.6 Å². The highest BCUT2D eigenvalue weighted by atomic mass is 32.1. The molecule has 3 rings (SSSR count). The molecule has 28 heavy (non-hydrogen) atoms. The van der Waals surface area contributed by atoms with Crippen molar-refractivity contribution in [2.75, 3.05) is 11.9 Å². The molecule has 0 aliphatic rings. The lowest BCUT2D eigenvalue weighted by Gasteiger charge is -2.20. The number of hydrogen-bond donors (Lipinski definition) is 2. The van der Waals surface area contributed by atoms with Gasteiger partial charge in [0.25, 0.3) is 0 Å². The Bertz CT molecular complexity index is 992. The van der Waals surface area contributed by atoms with E-state index in [1.807, 2.05) is 36.4 Å². The minimum Gasteiger partial charge on any atom is -0.315 e. The largest absolute Gasteiger partial charge is 0.315 e. The number of carbonyl (C=O) groups is 1. The zero-order valence-electron chi connectivity index (χ0n) is 15.4. The summed E-state index contributed by atoms with van der Waals surface area (Å²) in [5.74, 6) is -0.582. The molecule has 0 bridgehead atoms. The Kier molecular flexibility index (Phi) is 6.53. The maximum absolute atomic E-state index is 13.8. The molecule has 2 aromatic carbocycles. The molecule has 1 heterocycles. The van der Waals surface area contributed by atoms with Gasteiger partial charge in [-0.2, -0.15) is 5.26 Å². The number of nitriles is 1. The zero-order chi connectivity index (χ0) is 19.9. The quantitative estimate of drug-likeness (QED) is 0.615. The normalized spacial score (nSPS) is 11.6. The molecule has 1 amide bonds. The van der Waals surface area contributed by atoms with Crippen molar-refractivity contribution in [2.24, 2.45) is 0 Å². The van der Waals surface area contributed by atoms with E-state index < -0.39 is 0 Å². The molecule has 0 saturated carbocycles. The molecule has 3 aromatic rings. The van der Waals surface area contributed by atoms with Crippen molar-refractivity contribution in [3.63, 3.8) is 0 Å². The number of anilines is 1. The Balaban J connectivity index is 1.77. The highest BCUT2D eigenvalue weighted by Gasteiger charge is 2.17. The van der Waals surface area contributed by atoms with Crippen molar-refractivity contribution in [1.29, 1.82) is 5.26 Å². The molecule has 0 aliphatic carbocycles. The van der Waals surface area contributed by atoms with Crippen molar-refractivity contribution < 1.29 is 9.18 Å². The first-order chi connectivity index (χ1) is 13.6. The molecule has 6 heteroatoms. The molecule has 4 nitrogen and oxygen atoms in total. The summed E-state index contributed by atoms with van der Waals surface area (Å²) < 4.78 is 13.8. The molecule has 0 spiro atoms. The fourth-order valence-corrected chi connectivity index (χ4v) is 3.67. The minimum absolute atomic E-state index is 0.0273. The van der Waals surface area contributed by atoms with E-state index in [1.54, 1.807) is 17.5 Å². The van der Waals surface area contributed by atoms with Gasteiger partial charge in [-0.1, -0.05) is 43.3 Å². The van der Waals surface area contributed by atoms with Gasteiger partial charge in [-0.25, -0.2) is 4.39 Å². The topological polar surface area (TPSA) is 64.9 Å². The van der Waals surface area contributed by atoms with E-state index in [9.17, 15) is 9.18 Å². The van der Waals surface area contributed by atoms with E-state index in [0.717, 1.165) is 17.5 Å². The Morgan fingerprint density at radius 1 is 1.18 bits per heavy atom. The summed E-state index contributed by atoms with van der Waals surface area (Å²) >= 11 is 1.30. The number of hydrogen-bond acceptors (Lipinski definition) is 4. The van der Waals surface area contributed by atoms with E-state index in [0.29, 0.717) is 10.6 Å². The van der Waals surface area contributed by atoms with Crippen LogP contribution in [0.25, 0.3) is 0 Å². The van der Waals surface area contributed by atoms with Crippen LogP contribution in [0.4, 0.5) is 9.39 Å². The van der Waals surface area contributed by atoms with Crippen molar-refractivity contribution in [2.45, 2.75) is 19.4 Å². The Morgan fingerprint density at radius 2 is 1.96 bits per heavy atom. The van der Waals surface area contributed by atoms with E-state index in [-0.39, 0.29) is 24.3 Å². The lowest BCUT2D eigenvalue weighted by atomic mass is 9.97. The number of nitrogens with one attached hydrogen (secondary N) is 2. The van der Waals surface area contributed by atoms with Crippen LogP contribution in [0.3, 0.4) is 0 Å². The number of amides is 1. The average molecular weight is 393 g/mol. The van der Waals surface area contributed by atoms with Gasteiger partial charge in [0.15, 0.2) is 0 Å². The fraction of sp³-hybridized carbons (Fsp3) is 0.182. The van der Waals surface area contributed by atoms with Crippen LogP contribution in [0.2, 0.25) is 0 Å². The second-order valence-electron chi connectivity index (χ2n) is 6.29. The minimum atomic E-state index is -0.328. The number of nitrogens with zero attached hydrogens (tertiary/aromatic N) is 1. The molecular weight excluding hydrogens is 373 g/mol. The van der Waals surface area contributed by atoms with Crippen LogP contribution < -0.4 is 10.6 Å². The average Bonchev–Trinajstić information content (AvgIpc) is 3.15. The highest BCUT2D eigenvalue weighted by molar-refractivity contribution is 7.14. The molecule has 142 valence electrons. The third-order valence-corrected chi connectivity index (χ3v) is 5.24. The van der Waals surface area contributed by atoms with Gasteiger partial charge in [-0.15, -0.1) is 11.3 Å². The zero-order valence-corrected chi connectivity index (χ0v) is 16.2. The van der Waals surface area contributed by atoms with Crippen LogP contribution in [0.15, 0.2) is 60.0 Å². The van der Waals surface area contributed by atoms with Gasteiger partial charge in [0, 0.05) is 0 Å². The highest BCUT2D eigenvalue weighted by Crippen LogP contribution is 2.24. The van der Waals surface area contributed by atoms with Crippen LogP contribution in [-0.2, 0) is 11.2 Å². The van der Waals surface area contributed by atoms with Crippen molar-refractivity contribution in [3.05, 3.63) is 88.0 Å². The lowest BCUT2D eigenvalue weighted by molar-refractivity contribution is -0.115. The second-order valence-corrected chi connectivity index (χ2v) is 7.20. The fourth-order valence-electron chi connectivity index (χ4n) is 2.92. The van der Waals surface area contributed by atoms with E-state index in [1.165, 1.54) is 29.0 Å². The Labute approximate surface area is 167 Å². The first kappa shape index (κ1) is 19.7. The van der Waals surface area contributed by atoms with Gasteiger partial charge in [-0.3, -0.25) is 10.1 Å². The molecule has 0 unspecified atom stereocenters. The number of carbonyl (C=O) groups excluding carboxylic acids is 1. The summed E-state index contributed by atoms with van der Waals surface area (Å²) in [7, 11) is 0. The maximum atomic E-state index is 13.8. The summed E-state index contributed by atoms with van der Waals surface area (Å²) in [4.78, 5) is 12.4. The Hall–Kier alpha value is -3.01. The van der Waals surface area contributed by atoms with Crippen LogP contribution in [0.5, 0.6) is 0 Å². The number of benzene rings is 2. The smallest absolute Gasteiger partial charge is 0.238 e. The lowest BCUT2D eigenvalue weighted by Crippen LogP contribution is -2.32. The molecule has 2 N–H and O–H groups in total. The van der Waals surface area contributed by atoms with E-state index >= 15 is 0 Å². The monoisotopic (exact) mass is 393 g/mol. The van der Waals surface area contributed by atoms with Gasteiger partial charge in [0.2, 0.25) is 5.91 Å². The third kappa shape index (κ3) is 4.83. The number of thiophene rings is 1. The first-order valence-corrected chi connectivity index (χ1v) is 9.83. The van der Waals surface area contributed by atoms with Gasteiger partial charge in [-0.05, 0) is 46.7 Å². The summed E-state index contributed by atoms with van der Waals surface area (Å²) in [6, 6.07) is 17.8. The number of rotatable bonds is 7. The Morgan fingerprint density at radius 3 is 2.64 bits per heavy atom. The van der Waals surface area contributed by atoms with Gasteiger partial charge < -0.3 is 5.32 Å². The molecule has 0 aliphatic heterocycles.